The van der Waals surface area contributed by atoms with Crippen LogP contribution in [0.2, 0.25) is 0 Å². The SMILES string of the molecule is Cc1cc2c(s1)-c1ccccc1OC2. The number of hydrogen-bond acceptors (Lipinski definition) is 2. The van der Waals surface area contributed by atoms with Crippen molar-refractivity contribution in [1.29, 1.82) is 0 Å². The predicted octanol–water partition coefficient (Wildman–Crippen LogP) is 3.62. The van der Waals surface area contributed by atoms with Crippen LogP contribution in [-0.2, 0) is 6.61 Å². The first-order valence-corrected chi connectivity index (χ1v) is 5.48. The van der Waals surface area contributed by atoms with E-state index in [1.54, 1.807) is 0 Å². The number of ether oxygens (including phenoxy) is 1. The van der Waals surface area contributed by atoms with Crippen molar-refractivity contribution in [2.24, 2.45) is 0 Å². The molecule has 1 aromatic carbocycles. The summed E-state index contributed by atoms with van der Waals surface area (Å²) < 4.78 is 5.67. The van der Waals surface area contributed by atoms with Crippen molar-refractivity contribution in [2.45, 2.75) is 13.5 Å². The van der Waals surface area contributed by atoms with Gasteiger partial charge >= 0.3 is 0 Å². The molecule has 0 saturated carbocycles. The zero-order chi connectivity index (χ0) is 9.54. The van der Waals surface area contributed by atoms with E-state index < -0.39 is 0 Å². The molecule has 0 saturated heterocycles. The highest BCUT2D eigenvalue weighted by atomic mass is 32.1. The lowest BCUT2D eigenvalue weighted by atomic mass is 10.1. The Morgan fingerprint density at radius 1 is 1.29 bits per heavy atom. The first-order chi connectivity index (χ1) is 6.84. The van der Waals surface area contributed by atoms with Gasteiger partial charge in [0.15, 0.2) is 0 Å². The third kappa shape index (κ3) is 1.07. The number of thiophene rings is 1. The Hall–Kier alpha value is -1.28. The van der Waals surface area contributed by atoms with Gasteiger partial charge in [0, 0.05) is 20.9 Å². The zero-order valence-electron chi connectivity index (χ0n) is 7.91. The van der Waals surface area contributed by atoms with Crippen molar-refractivity contribution in [1.82, 2.24) is 0 Å². The Morgan fingerprint density at radius 2 is 2.14 bits per heavy atom. The van der Waals surface area contributed by atoms with Crippen molar-refractivity contribution in [3.05, 3.63) is 40.8 Å². The van der Waals surface area contributed by atoms with Gasteiger partial charge in [-0.1, -0.05) is 12.1 Å². The maximum absolute atomic E-state index is 5.67. The minimum Gasteiger partial charge on any atom is -0.488 e. The number of rotatable bonds is 0. The molecule has 2 heteroatoms. The van der Waals surface area contributed by atoms with Gasteiger partial charge in [0.1, 0.15) is 12.4 Å². The highest BCUT2D eigenvalue weighted by Crippen LogP contribution is 2.41. The number of para-hydroxylation sites is 1. The summed E-state index contributed by atoms with van der Waals surface area (Å²) >= 11 is 1.85. The molecule has 0 atom stereocenters. The van der Waals surface area contributed by atoms with Gasteiger partial charge < -0.3 is 4.74 Å². The van der Waals surface area contributed by atoms with Gasteiger partial charge in [-0.05, 0) is 25.1 Å². The van der Waals surface area contributed by atoms with Crippen LogP contribution in [0.25, 0.3) is 10.4 Å². The Bertz CT molecular complexity index is 485. The quantitative estimate of drug-likeness (QED) is 0.634. The summed E-state index contributed by atoms with van der Waals surface area (Å²) in [4.78, 5) is 2.74. The molecule has 0 unspecified atom stereocenters. The van der Waals surface area contributed by atoms with Gasteiger partial charge in [-0.2, -0.15) is 0 Å². The van der Waals surface area contributed by atoms with Crippen LogP contribution in [0.4, 0.5) is 0 Å². The molecule has 1 aliphatic rings. The van der Waals surface area contributed by atoms with Crippen molar-refractivity contribution < 1.29 is 4.74 Å². The standard InChI is InChI=1S/C12H10OS/c1-8-6-9-7-13-11-5-3-2-4-10(11)12(9)14-8/h2-6H,7H2,1H3. The Balaban J connectivity index is 2.28. The summed E-state index contributed by atoms with van der Waals surface area (Å²) in [6.07, 6.45) is 0. The average Bonchev–Trinajstić information content (AvgIpc) is 2.59. The molecule has 1 nitrogen and oxygen atoms in total. The Morgan fingerprint density at radius 3 is 3.07 bits per heavy atom. The summed E-state index contributed by atoms with van der Waals surface area (Å²) in [7, 11) is 0. The van der Waals surface area contributed by atoms with Crippen molar-refractivity contribution in [3.63, 3.8) is 0 Å². The summed E-state index contributed by atoms with van der Waals surface area (Å²) in [5.41, 5.74) is 2.57. The molecule has 0 aliphatic carbocycles. The maximum Gasteiger partial charge on any atom is 0.128 e. The van der Waals surface area contributed by atoms with Gasteiger partial charge in [-0.25, -0.2) is 0 Å². The van der Waals surface area contributed by atoms with Crippen LogP contribution in [-0.4, -0.2) is 0 Å². The fourth-order valence-electron chi connectivity index (χ4n) is 1.84. The van der Waals surface area contributed by atoms with E-state index in [4.69, 9.17) is 4.74 Å². The van der Waals surface area contributed by atoms with Gasteiger partial charge in [-0.15, -0.1) is 11.3 Å². The molecule has 0 N–H and O–H groups in total. The van der Waals surface area contributed by atoms with Crippen LogP contribution in [0.3, 0.4) is 0 Å². The lowest BCUT2D eigenvalue weighted by Crippen LogP contribution is -2.01. The largest absolute Gasteiger partial charge is 0.488 e. The molecule has 3 rings (SSSR count). The second-order valence-corrected chi connectivity index (χ2v) is 4.75. The number of hydrogen-bond donors (Lipinski definition) is 0. The first kappa shape index (κ1) is 8.06. The van der Waals surface area contributed by atoms with Crippen LogP contribution < -0.4 is 4.74 Å². The summed E-state index contributed by atoms with van der Waals surface area (Å²) in [6, 6.07) is 10.5. The third-order valence-electron chi connectivity index (χ3n) is 2.45. The molecule has 0 bridgehead atoms. The smallest absolute Gasteiger partial charge is 0.128 e. The lowest BCUT2D eigenvalue weighted by Gasteiger charge is -2.16. The monoisotopic (exact) mass is 202 g/mol. The summed E-state index contributed by atoms with van der Waals surface area (Å²) in [6.45, 7) is 2.86. The Kier molecular flexibility index (Phi) is 1.64. The van der Waals surface area contributed by atoms with Crippen molar-refractivity contribution in [3.8, 4) is 16.2 Å². The number of benzene rings is 1. The minimum atomic E-state index is 0.719. The van der Waals surface area contributed by atoms with Gasteiger partial charge in [0.25, 0.3) is 0 Å². The van der Waals surface area contributed by atoms with Gasteiger partial charge in [0.2, 0.25) is 0 Å². The van der Waals surface area contributed by atoms with E-state index in [1.165, 1.54) is 20.9 Å². The normalized spacial score (nSPS) is 12.9. The molecular weight excluding hydrogens is 192 g/mol. The highest BCUT2D eigenvalue weighted by Gasteiger charge is 2.18. The van der Waals surface area contributed by atoms with Gasteiger partial charge in [-0.3, -0.25) is 0 Å². The highest BCUT2D eigenvalue weighted by molar-refractivity contribution is 7.15. The second-order valence-electron chi connectivity index (χ2n) is 3.50. The first-order valence-electron chi connectivity index (χ1n) is 4.66. The van der Waals surface area contributed by atoms with E-state index in [0.717, 1.165) is 12.4 Å². The molecule has 14 heavy (non-hydrogen) atoms. The van der Waals surface area contributed by atoms with Crippen LogP contribution in [0, 0.1) is 6.92 Å². The fraction of sp³-hybridized carbons (Fsp3) is 0.167. The number of aryl methyl sites for hydroxylation is 1. The minimum absolute atomic E-state index is 0.719. The number of fused-ring (bicyclic) bond motifs is 3. The van der Waals surface area contributed by atoms with Crippen LogP contribution in [0.15, 0.2) is 30.3 Å². The molecule has 1 aliphatic heterocycles. The Labute approximate surface area is 87.0 Å². The van der Waals surface area contributed by atoms with E-state index in [1.807, 2.05) is 23.5 Å². The second kappa shape index (κ2) is 2.85. The molecule has 1 aromatic heterocycles. The molecule has 0 radical (unpaired) electrons. The molecule has 2 heterocycles. The molecular formula is C12H10OS. The average molecular weight is 202 g/mol. The van der Waals surface area contributed by atoms with Crippen LogP contribution >= 0.6 is 11.3 Å². The topological polar surface area (TPSA) is 9.23 Å². The zero-order valence-corrected chi connectivity index (χ0v) is 8.73. The molecule has 70 valence electrons. The van der Waals surface area contributed by atoms with Gasteiger partial charge in [0.05, 0.1) is 0 Å². The van der Waals surface area contributed by atoms with E-state index in [2.05, 4.69) is 25.1 Å². The third-order valence-corrected chi connectivity index (χ3v) is 3.57. The van der Waals surface area contributed by atoms with Crippen molar-refractivity contribution in [2.75, 3.05) is 0 Å². The molecule has 0 amide bonds. The van der Waals surface area contributed by atoms with E-state index in [-0.39, 0.29) is 0 Å². The van der Waals surface area contributed by atoms with Crippen molar-refractivity contribution >= 4 is 11.3 Å². The predicted molar refractivity (Wildman–Crippen MR) is 58.8 cm³/mol. The maximum atomic E-state index is 5.67. The fourth-order valence-corrected chi connectivity index (χ4v) is 2.89. The molecule has 0 fully saturated rings. The molecule has 0 spiro atoms. The van der Waals surface area contributed by atoms with E-state index >= 15 is 0 Å². The van der Waals surface area contributed by atoms with Crippen LogP contribution in [0.1, 0.15) is 10.4 Å². The lowest BCUT2D eigenvalue weighted by molar-refractivity contribution is 0.303. The summed E-state index contributed by atoms with van der Waals surface area (Å²) in [5.74, 6) is 1.02. The molecule has 2 aromatic rings. The van der Waals surface area contributed by atoms with Crippen LogP contribution in [0.5, 0.6) is 5.75 Å². The summed E-state index contributed by atoms with van der Waals surface area (Å²) in [5, 5.41) is 0. The van der Waals surface area contributed by atoms with E-state index in [9.17, 15) is 0 Å². The van der Waals surface area contributed by atoms with E-state index in [0.29, 0.717) is 0 Å².